The summed E-state index contributed by atoms with van der Waals surface area (Å²) in [7, 11) is 0. The van der Waals surface area contributed by atoms with Gasteiger partial charge in [-0.05, 0) is 26.2 Å². The van der Waals surface area contributed by atoms with Gasteiger partial charge < -0.3 is 14.4 Å². The number of amides is 1. The Hall–Kier alpha value is -1.43. The lowest BCUT2D eigenvalue weighted by molar-refractivity contribution is -0.206. The van der Waals surface area contributed by atoms with Crippen molar-refractivity contribution in [2.45, 2.75) is 57.3 Å². The monoisotopic (exact) mass is 307 g/mol. The summed E-state index contributed by atoms with van der Waals surface area (Å²) in [6, 6.07) is 0. The summed E-state index contributed by atoms with van der Waals surface area (Å²) in [5.74, 6) is -0.757. The number of rotatable bonds is 3. The summed E-state index contributed by atoms with van der Waals surface area (Å²) < 4.78 is 11.4. The van der Waals surface area contributed by atoms with Crippen molar-refractivity contribution < 1.29 is 23.9 Å². The maximum Gasteiger partial charge on any atom is 0.346 e. The molecule has 0 radical (unpaired) electrons. The molecule has 0 aromatic rings. The molecule has 22 heavy (non-hydrogen) atoms. The highest BCUT2D eigenvalue weighted by molar-refractivity contribution is 6.14. The minimum atomic E-state index is -1.49. The van der Waals surface area contributed by atoms with Crippen LogP contribution < -0.4 is 0 Å². The van der Waals surface area contributed by atoms with Gasteiger partial charge in [0.1, 0.15) is 0 Å². The van der Waals surface area contributed by atoms with Crippen molar-refractivity contribution in [3.05, 3.63) is 0 Å². The molecular formula is C16H21NO5. The lowest BCUT2D eigenvalue weighted by atomic mass is 9.57. The second-order valence-electron chi connectivity index (χ2n) is 6.86. The number of hydrogen-bond donors (Lipinski definition) is 0. The third kappa shape index (κ3) is 1.18. The molecule has 4 saturated heterocycles. The SMILES string of the molecule is CCOC(=O)[C@@]12CC3CC(=O)N4CCC[C@](CC)(C1=O)[C@@]34O2. The first-order valence-electron chi connectivity index (χ1n) is 8.21. The molecule has 1 spiro atoms. The van der Waals surface area contributed by atoms with Crippen LogP contribution in [-0.2, 0) is 23.9 Å². The van der Waals surface area contributed by atoms with Gasteiger partial charge in [-0.3, -0.25) is 9.59 Å². The summed E-state index contributed by atoms with van der Waals surface area (Å²) in [5, 5.41) is 0. The van der Waals surface area contributed by atoms with Crippen LogP contribution in [0.3, 0.4) is 0 Å². The molecule has 6 heteroatoms. The number of carbonyl (C=O) groups excluding carboxylic acids is 3. The average molecular weight is 307 g/mol. The Balaban J connectivity index is 1.89. The van der Waals surface area contributed by atoms with Crippen LogP contribution in [0.25, 0.3) is 0 Å². The summed E-state index contributed by atoms with van der Waals surface area (Å²) in [6.45, 7) is 4.51. The smallest absolute Gasteiger partial charge is 0.346 e. The number of piperidine rings is 1. The number of esters is 1. The van der Waals surface area contributed by atoms with E-state index in [1.165, 1.54) is 0 Å². The molecule has 0 aromatic heterocycles. The topological polar surface area (TPSA) is 72.9 Å². The number of carbonyl (C=O) groups is 3. The third-order valence-corrected chi connectivity index (χ3v) is 6.22. The Kier molecular flexibility index (Phi) is 2.64. The van der Waals surface area contributed by atoms with Gasteiger partial charge in [-0.25, -0.2) is 4.79 Å². The lowest BCUT2D eigenvalue weighted by Crippen LogP contribution is -2.64. The van der Waals surface area contributed by atoms with E-state index < -0.39 is 22.7 Å². The van der Waals surface area contributed by atoms with Crippen LogP contribution in [0, 0.1) is 11.3 Å². The molecule has 4 heterocycles. The summed E-state index contributed by atoms with van der Waals surface area (Å²) in [4.78, 5) is 39.9. The third-order valence-electron chi connectivity index (χ3n) is 6.22. The van der Waals surface area contributed by atoms with E-state index in [1.54, 1.807) is 11.8 Å². The van der Waals surface area contributed by atoms with E-state index in [0.717, 1.165) is 6.42 Å². The van der Waals surface area contributed by atoms with Gasteiger partial charge in [0.2, 0.25) is 11.5 Å². The fourth-order valence-corrected chi connectivity index (χ4v) is 5.48. The molecule has 4 aliphatic heterocycles. The number of fused-ring (bicyclic) bond motifs is 1. The van der Waals surface area contributed by atoms with Crippen molar-refractivity contribution in [1.29, 1.82) is 0 Å². The van der Waals surface area contributed by atoms with Gasteiger partial charge in [0.15, 0.2) is 11.5 Å². The molecule has 6 nitrogen and oxygen atoms in total. The second-order valence-corrected chi connectivity index (χ2v) is 6.86. The average Bonchev–Trinajstić information content (AvgIpc) is 3.04. The van der Waals surface area contributed by atoms with E-state index in [4.69, 9.17) is 9.47 Å². The van der Waals surface area contributed by atoms with Crippen molar-refractivity contribution in [3.63, 3.8) is 0 Å². The van der Waals surface area contributed by atoms with Crippen LogP contribution in [-0.4, -0.2) is 47.0 Å². The van der Waals surface area contributed by atoms with Crippen molar-refractivity contribution >= 4 is 17.7 Å². The molecule has 4 atom stereocenters. The molecule has 0 N–H and O–H groups in total. The summed E-state index contributed by atoms with van der Waals surface area (Å²) >= 11 is 0. The zero-order chi connectivity index (χ0) is 15.8. The number of hydrogen-bond acceptors (Lipinski definition) is 5. The fourth-order valence-electron chi connectivity index (χ4n) is 5.48. The zero-order valence-corrected chi connectivity index (χ0v) is 13.0. The maximum absolute atomic E-state index is 13.2. The molecule has 4 fully saturated rings. The molecule has 2 bridgehead atoms. The Morgan fingerprint density at radius 3 is 2.86 bits per heavy atom. The van der Waals surface area contributed by atoms with Crippen molar-refractivity contribution in [3.8, 4) is 0 Å². The molecule has 1 unspecified atom stereocenters. The fraction of sp³-hybridized carbons (Fsp3) is 0.812. The Bertz CT molecular complexity index is 589. The van der Waals surface area contributed by atoms with E-state index in [1.807, 2.05) is 6.92 Å². The Morgan fingerprint density at radius 2 is 2.18 bits per heavy atom. The van der Waals surface area contributed by atoms with Gasteiger partial charge in [-0.2, -0.15) is 0 Å². The Morgan fingerprint density at radius 1 is 1.41 bits per heavy atom. The number of ether oxygens (including phenoxy) is 2. The number of Topliss-reactive ketones (excluding diaryl/α,β-unsaturated/α-hetero) is 1. The molecule has 1 amide bonds. The van der Waals surface area contributed by atoms with Gasteiger partial charge in [0.05, 0.1) is 12.0 Å². The number of nitrogens with zero attached hydrogens (tertiary/aromatic N) is 1. The summed E-state index contributed by atoms with van der Waals surface area (Å²) in [6.07, 6.45) is 2.71. The first kappa shape index (κ1) is 14.2. The molecule has 4 aliphatic rings. The van der Waals surface area contributed by atoms with Gasteiger partial charge in [-0.15, -0.1) is 0 Å². The molecule has 0 saturated carbocycles. The highest BCUT2D eigenvalue weighted by Gasteiger charge is 2.85. The normalized spacial score (nSPS) is 45.4. The summed E-state index contributed by atoms with van der Waals surface area (Å²) in [5.41, 5.74) is -3.13. The lowest BCUT2D eigenvalue weighted by Gasteiger charge is -2.51. The van der Waals surface area contributed by atoms with E-state index in [9.17, 15) is 14.4 Å². The number of ketones is 1. The van der Waals surface area contributed by atoms with Crippen LogP contribution >= 0.6 is 0 Å². The Labute approximate surface area is 129 Å². The van der Waals surface area contributed by atoms with Crippen LogP contribution in [0.2, 0.25) is 0 Å². The minimum absolute atomic E-state index is 0.0506. The van der Waals surface area contributed by atoms with Gasteiger partial charge in [0, 0.05) is 25.3 Å². The van der Waals surface area contributed by atoms with Gasteiger partial charge in [0.25, 0.3) is 0 Å². The first-order valence-corrected chi connectivity index (χ1v) is 8.21. The second kappa shape index (κ2) is 4.10. The standard InChI is InChI=1S/C16H21NO5/c1-3-14-6-5-7-17-11(18)8-10-9-15(12(14)19,13(20)21-4-2)22-16(10,14)17/h10H,3-9H2,1-2H3/t10?,14-,15-,16+/m1/s1. The maximum atomic E-state index is 13.2. The van der Waals surface area contributed by atoms with Crippen molar-refractivity contribution in [2.24, 2.45) is 11.3 Å². The highest BCUT2D eigenvalue weighted by atomic mass is 16.6. The van der Waals surface area contributed by atoms with Crippen molar-refractivity contribution in [1.82, 2.24) is 4.90 Å². The highest BCUT2D eigenvalue weighted by Crippen LogP contribution is 2.69. The van der Waals surface area contributed by atoms with Crippen LogP contribution in [0.1, 0.15) is 46.0 Å². The van der Waals surface area contributed by atoms with Crippen LogP contribution in [0.5, 0.6) is 0 Å². The van der Waals surface area contributed by atoms with E-state index >= 15 is 0 Å². The van der Waals surface area contributed by atoms with Crippen molar-refractivity contribution in [2.75, 3.05) is 13.2 Å². The molecule has 0 aromatic carbocycles. The predicted molar refractivity (Wildman–Crippen MR) is 74.6 cm³/mol. The largest absolute Gasteiger partial charge is 0.464 e. The van der Waals surface area contributed by atoms with E-state index in [-0.39, 0.29) is 30.6 Å². The molecule has 120 valence electrons. The first-order chi connectivity index (χ1) is 10.5. The minimum Gasteiger partial charge on any atom is -0.464 e. The molecular weight excluding hydrogens is 286 g/mol. The predicted octanol–water partition coefficient (Wildman–Crippen LogP) is 1.03. The van der Waals surface area contributed by atoms with Crippen LogP contribution in [0.4, 0.5) is 0 Å². The van der Waals surface area contributed by atoms with Gasteiger partial charge >= 0.3 is 5.97 Å². The van der Waals surface area contributed by atoms with E-state index in [2.05, 4.69) is 0 Å². The van der Waals surface area contributed by atoms with Crippen LogP contribution in [0.15, 0.2) is 0 Å². The molecule has 0 aliphatic carbocycles. The molecule has 4 rings (SSSR count). The van der Waals surface area contributed by atoms with E-state index in [0.29, 0.717) is 25.8 Å². The van der Waals surface area contributed by atoms with Gasteiger partial charge in [-0.1, -0.05) is 6.92 Å². The zero-order valence-electron chi connectivity index (χ0n) is 13.0. The quantitative estimate of drug-likeness (QED) is 0.575.